The van der Waals surface area contributed by atoms with Crippen LogP contribution in [0.3, 0.4) is 0 Å². The molecule has 0 spiro atoms. The van der Waals surface area contributed by atoms with Crippen molar-refractivity contribution in [2.45, 2.75) is 39.0 Å². The molecule has 3 rings (SSSR count). The molecule has 1 heterocycles. The summed E-state index contributed by atoms with van der Waals surface area (Å²) in [4.78, 5) is 6.79. The summed E-state index contributed by atoms with van der Waals surface area (Å²) in [6, 6.07) is 16.5. The van der Waals surface area contributed by atoms with Gasteiger partial charge < -0.3 is 16.2 Å². The lowest BCUT2D eigenvalue weighted by Gasteiger charge is -2.17. The van der Waals surface area contributed by atoms with E-state index < -0.39 is 0 Å². The first-order valence-corrected chi connectivity index (χ1v) is 9.27. The van der Waals surface area contributed by atoms with Crippen molar-refractivity contribution in [2.75, 3.05) is 18.4 Å². The van der Waals surface area contributed by atoms with Crippen molar-refractivity contribution in [3.8, 4) is 0 Å². The number of aliphatic hydroxyl groups excluding tert-OH is 1. The lowest BCUT2D eigenvalue weighted by atomic mass is 10.1. The molecule has 1 unspecified atom stereocenters. The molecule has 1 atom stereocenters. The number of β-amino-alcohol motifs (C(OH)–C–C–N with tert-alkyl or cyclic N) is 1. The van der Waals surface area contributed by atoms with Crippen LogP contribution in [0.4, 0.5) is 5.69 Å². The molecule has 5 heteroatoms. The van der Waals surface area contributed by atoms with E-state index in [4.69, 9.17) is 5.73 Å². The van der Waals surface area contributed by atoms with Crippen molar-refractivity contribution in [3.63, 3.8) is 0 Å². The minimum Gasteiger partial charge on any atom is -0.392 e. The number of nitrogens with zero attached hydrogens (tertiary/aromatic N) is 2. The summed E-state index contributed by atoms with van der Waals surface area (Å²) in [6.07, 6.45) is 1.65. The topological polar surface area (TPSA) is 73.9 Å². The number of guanidine groups is 1. The molecule has 5 nitrogen and oxygen atoms in total. The fourth-order valence-corrected chi connectivity index (χ4v) is 3.29. The number of hydrogen-bond acceptors (Lipinski definition) is 3. The Hall–Kier alpha value is -2.37. The number of likely N-dealkylation sites (tertiary alicyclic amines) is 1. The summed E-state index contributed by atoms with van der Waals surface area (Å²) < 4.78 is 0. The number of hydrogen-bond donors (Lipinski definition) is 3. The number of aliphatic imine (C=N–C) groups is 1. The zero-order chi connectivity index (χ0) is 18.4. The second-order valence-electron chi connectivity index (χ2n) is 6.83. The van der Waals surface area contributed by atoms with E-state index in [0.29, 0.717) is 12.5 Å². The molecule has 2 aromatic rings. The normalized spacial score (nSPS) is 18.2. The number of anilines is 1. The van der Waals surface area contributed by atoms with Gasteiger partial charge in [-0.15, -0.1) is 0 Å². The fraction of sp³-hybridized carbons (Fsp3) is 0.381. The highest BCUT2D eigenvalue weighted by atomic mass is 16.3. The molecule has 0 bridgehead atoms. The molecule has 1 fully saturated rings. The van der Waals surface area contributed by atoms with Crippen molar-refractivity contribution < 1.29 is 5.11 Å². The van der Waals surface area contributed by atoms with Crippen LogP contribution in [0.2, 0.25) is 0 Å². The zero-order valence-electron chi connectivity index (χ0n) is 15.4. The predicted octanol–water partition coefficient (Wildman–Crippen LogP) is 2.74. The van der Waals surface area contributed by atoms with Crippen LogP contribution in [-0.2, 0) is 19.5 Å². The molecule has 2 aromatic carbocycles. The van der Waals surface area contributed by atoms with E-state index in [2.05, 4.69) is 46.4 Å². The Morgan fingerprint density at radius 1 is 1.23 bits per heavy atom. The largest absolute Gasteiger partial charge is 0.392 e. The van der Waals surface area contributed by atoms with E-state index in [1.165, 1.54) is 16.7 Å². The fourth-order valence-electron chi connectivity index (χ4n) is 3.29. The highest BCUT2D eigenvalue weighted by molar-refractivity contribution is 5.92. The monoisotopic (exact) mass is 352 g/mol. The van der Waals surface area contributed by atoms with Crippen LogP contribution >= 0.6 is 0 Å². The van der Waals surface area contributed by atoms with Crippen molar-refractivity contribution in [1.82, 2.24) is 4.90 Å². The second kappa shape index (κ2) is 8.83. The number of aliphatic hydroxyl groups is 1. The number of nitrogens with two attached hydrogens (primary N) is 1. The standard InChI is InChI=1S/C21H28N4O/c1-2-16-6-5-9-19(12-16)24-21(22)23-13-17-7-3-4-8-18(17)14-25-11-10-20(26)15-25/h3-9,12,20,26H,2,10-11,13-15H2,1H3,(H3,22,23,24). The molecule has 1 saturated heterocycles. The van der Waals surface area contributed by atoms with Crippen LogP contribution in [0.25, 0.3) is 0 Å². The predicted molar refractivity (Wildman–Crippen MR) is 107 cm³/mol. The summed E-state index contributed by atoms with van der Waals surface area (Å²) in [5.41, 5.74) is 10.7. The summed E-state index contributed by atoms with van der Waals surface area (Å²) >= 11 is 0. The van der Waals surface area contributed by atoms with E-state index in [-0.39, 0.29) is 6.10 Å². The van der Waals surface area contributed by atoms with Crippen molar-refractivity contribution in [1.29, 1.82) is 0 Å². The zero-order valence-corrected chi connectivity index (χ0v) is 15.4. The Balaban J connectivity index is 1.63. The first-order chi connectivity index (χ1) is 12.6. The number of rotatable bonds is 6. The van der Waals surface area contributed by atoms with Gasteiger partial charge >= 0.3 is 0 Å². The SMILES string of the molecule is CCc1cccc(NC(N)=NCc2ccccc2CN2CCC(O)C2)c1. The van der Waals surface area contributed by atoms with Gasteiger partial charge in [-0.3, -0.25) is 4.90 Å². The summed E-state index contributed by atoms with van der Waals surface area (Å²) in [6.45, 7) is 5.20. The highest BCUT2D eigenvalue weighted by Crippen LogP contribution is 2.17. The Morgan fingerprint density at radius 2 is 2.04 bits per heavy atom. The van der Waals surface area contributed by atoms with Crippen LogP contribution in [0.5, 0.6) is 0 Å². The molecule has 0 aromatic heterocycles. The van der Waals surface area contributed by atoms with Crippen LogP contribution in [0, 0.1) is 0 Å². The maximum Gasteiger partial charge on any atom is 0.193 e. The minimum absolute atomic E-state index is 0.195. The Bertz CT molecular complexity index is 759. The van der Waals surface area contributed by atoms with Gasteiger partial charge in [-0.25, -0.2) is 4.99 Å². The molecule has 1 aliphatic heterocycles. The van der Waals surface area contributed by atoms with Gasteiger partial charge in [0, 0.05) is 25.3 Å². The molecule has 4 N–H and O–H groups in total. The van der Waals surface area contributed by atoms with Gasteiger partial charge in [-0.05, 0) is 41.7 Å². The van der Waals surface area contributed by atoms with Gasteiger partial charge in [0.15, 0.2) is 5.96 Å². The van der Waals surface area contributed by atoms with Gasteiger partial charge in [-0.1, -0.05) is 43.3 Å². The first-order valence-electron chi connectivity index (χ1n) is 9.27. The minimum atomic E-state index is -0.195. The molecule has 0 aliphatic carbocycles. The molecule has 26 heavy (non-hydrogen) atoms. The van der Waals surface area contributed by atoms with E-state index in [1.807, 2.05) is 24.3 Å². The van der Waals surface area contributed by atoms with E-state index in [9.17, 15) is 5.11 Å². The smallest absolute Gasteiger partial charge is 0.193 e. The van der Waals surface area contributed by atoms with Crippen LogP contribution in [-0.4, -0.2) is 35.2 Å². The van der Waals surface area contributed by atoms with Crippen molar-refractivity contribution in [2.24, 2.45) is 10.7 Å². The number of benzene rings is 2. The second-order valence-corrected chi connectivity index (χ2v) is 6.83. The van der Waals surface area contributed by atoms with Crippen LogP contribution in [0.1, 0.15) is 30.0 Å². The Morgan fingerprint density at radius 3 is 2.77 bits per heavy atom. The molecule has 138 valence electrons. The van der Waals surface area contributed by atoms with Gasteiger partial charge in [0.2, 0.25) is 0 Å². The molecule has 1 aliphatic rings. The summed E-state index contributed by atoms with van der Waals surface area (Å²) in [7, 11) is 0. The number of nitrogens with one attached hydrogen (secondary N) is 1. The van der Waals surface area contributed by atoms with Gasteiger partial charge in [0.05, 0.1) is 12.6 Å². The third-order valence-electron chi connectivity index (χ3n) is 4.79. The molecule has 0 saturated carbocycles. The van der Waals surface area contributed by atoms with Gasteiger partial charge in [0.1, 0.15) is 0 Å². The van der Waals surface area contributed by atoms with Crippen molar-refractivity contribution >= 4 is 11.6 Å². The Labute approximate surface area is 155 Å². The third kappa shape index (κ3) is 5.07. The van der Waals surface area contributed by atoms with Crippen LogP contribution < -0.4 is 11.1 Å². The van der Waals surface area contributed by atoms with Gasteiger partial charge in [-0.2, -0.15) is 0 Å². The molecule has 0 radical (unpaired) electrons. The first kappa shape index (κ1) is 18.4. The average molecular weight is 352 g/mol. The van der Waals surface area contributed by atoms with E-state index in [0.717, 1.165) is 38.2 Å². The lowest BCUT2D eigenvalue weighted by molar-refractivity contribution is 0.174. The maximum absolute atomic E-state index is 9.71. The van der Waals surface area contributed by atoms with Crippen molar-refractivity contribution in [3.05, 3.63) is 65.2 Å². The highest BCUT2D eigenvalue weighted by Gasteiger charge is 2.20. The lowest BCUT2D eigenvalue weighted by Crippen LogP contribution is -2.23. The Kier molecular flexibility index (Phi) is 6.26. The maximum atomic E-state index is 9.71. The molecular formula is C21H28N4O. The quantitative estimate of drug-likeness (QED) is 0.552. The van der Waals surface area contributed by atoms with E-state index in [1.54, 1.807) is 0 Å². The third-order valence-corrected chi connectivity index (χ3v) is 4.79. The van der Waals surface area contributed by atoms with E-state index >= 15 is 0 Å². The summed E-state index contributed by atoms with van der Waals surface area (Å²) in [5, 5.41) is 12.9. The molecular weight excluding hydrogens is 324 g/mol. The van der Waals surface area contributed by atoms with Gasteiger partial charge in [0.25, 0.3) is 0 Å². The molecule has 0 amide bonds. The summed E-state index contributed by atoms with van der Waals surface area (Å²) in [5.74, 6) is 0.421. The average Bonchev–Trinajstić information content (AvgIpc) is 3.06. The number of aryl methyl sites for hydroxylation is 1. The van der Waals surface area contributed by atoms with Crippen LogP contribution in [0.15, 0.2) is 53.5 Å².